The Labute approximate surface area is 143 Å². The number of hydrogen-bond donors (Lipinski definition) is 1. The van der Waals surface area contributed by atoms with Crippen molar-refractivity contribution in [2.75, 3.05) is 0 Å². The van der Waals surface area contributed by atoms with Crippen LogP contribution in [0.15, 0.2) is 59.9 Å². The average Bonchev–Trinajstić information content (AvgIpc) is 2.95. The summed E-state index contributed by atoms with van der Waals surface area (Å²) in [5.74, 6) is -0.0117. The van der Waals surface area contributed by atoms with Gasteiger partial charge in [0, 0.05) is 5.75 Å². The molecule has 3 nitrogen and oxygen atoms in total. The monoisotopic (exact) mass is 346 g/mol. The maximum atomic E-state index is 13.4. The Hall–Kier alpha value is -2.18. The van der Waals surface area contributed by atoms with Gasteiger partial charge in [-0.15, -0.1) is 0 Å². The Morgan fingerprint density at radius 3 is 2.33 bits per heavy atom. The number of thioether (sulfide) groups is 1. The number of aliphatic hydroxyl groups excluding tert-OH is 1. The van der Waals surface area contributed by atoms with Crippen molar-refractivity contribution >= 4 is 11.8 Å². The fraction of sp³-hybridized carbons (Fsp3) is 0.167. The first-order valence-corrected chi connectivity index (χ1v) is 8.41. The number of imidazole rings is 1. The molecule has 1 N–H and O–H groups in total. The molecule has 0 saturated heterocycles. The quantitative estimate of drug-likeness (QED) is 0.686. The summed E-state index contributed by atoms with van der Waals surface area (Å²) in [5.41, 5.74) is 2.29. The normalized spacial score (nSPS) is 11.0. The van der Waals surface area contributed by atoms with Crippen LogP contribution in [0.5, 0.6) is 0 Å². The van der Waals surface area contributed by atoms with Crippen LogP contribution >= 0.6 is 11.8 Å². The van der Waals surface area contributed by atoms with E-state index < -0.39 is 0 Å². The van der Waals surface area contributed by atoms with E-state index in [1.54, 1.807) is 18.3 Å². The topological polar surface area (TPSA) is 38.1 Å². The van der Waals surface area contributed by atoms with Crippen LogP contribution < -0.4 is 0 Å². The predicted molar refractivity (Wildman–Crippen MR) is 89.6 cm³/mol. The van der Waals surface area contributed by atoms with Gasteiger partial charge in [0.25, 0.3) is 0 Å². The highest BCUT2D eigenvalue weighted by molar-refractivity contribution is 7.98. The largest absolute Gasteiger partial charge is 0.390 e. The Balaban J connectivity index is 1.79. The van der Waals surface area contributed by atoms with Gasteiger partial charge in [-0.25, -0.2) is 13.8 Å². The van der Waals surface area contributed by atoms with Gasteiger partial charge in [0.15, 0.2) is 5.16 Å². The SMILES string of the molecule is OCc1cnc(SCc2cccc(F)c2)n1Cc1cccc(F)c1. The first kappa shape index (κ1) is 16.7. The first-order chi connectivity index (χ1) is 11.7. The van der Waals surface area contributed by atoms with Gasteiger partial charge in [0.2, 0.25) is 0 Å². The lowest BCUT2D eigenvalue weighted by Gasteiger charge is -2.11. The van der Waals surface area contributed by atoms with E-state index in [4.69, 9.17) is 0 Å². The number of rotatable bonds is 6. The minimum atomic E-state index is -0.299. The molecule has 3 aromatic rings. The molecule has 1 heterocycles. The van der Waals surface area contributed by atoms with E-state index in [1.165, 1.54) is 36.0 Å². The molecule has 2 aromatic carbocycles. The molecule has 0 saturated carbocycles. The van der Waals surface area contributed by atoms with E-state index in [-0.39, 0.29) is 18.2 Å². The standard InChI is InChI=1S/C18H16F2N2OS/c19-15-5-1-3-13(7-15)10-22-17(11-23)9-21-18(22)24-12-14-4-2-6-16(20)8-14/h1-9,23H,10-12H2. The van der Waals surface area contributed by atoms with Crippen molar-refractivity contribution in [1.29, 1.82) is 0 Å². The van der Waals surface area contributed by atoms with E-state index in [1.807, 2.05) is 16.7 Å². The van der Waals surface area contributed by atoms with Crippen LogP contribution in [0.2, 0.25) is 0 Å². The molecule has 24 heavy (non-hydrogen) atoms. The third kappa shape index (κ3) is 4.01. The van der Waals surface area contributed by atoms with Crippen LogP contribution in [-0.2, 0) is 18.9 Å². The second-order valence-electron chi connectivity index (χ2n) is 5.32. The minimum Gasteiger partial charge on any atom is -0.390 e. The van der Waals surface area contributed by atoms with Crippen LogP contribution in [0.25, 0.3) is 0 Å². The summed E-state index contributed by atoms with van der Waals surface area (Å²) < 4.78 is 28.5. The molecule has 0 unspecified atom stereocenters. The van der Waals surface area contributed by atoms with Gasteiger partial charge in [0.1, 0.15) is 11.6 Å². The minimum absolute atomic E-state index is 0.150. The molecule has 6 heteroatoms. The summed E-state index contributed by atoms with van der Waals surface area (Å²) in [5, 5.41) is 10.2. The zero-order chi connectivity index (χ0) is 16.9. The Morgan fingerprint density at radius 2 is 1.67 bits per heavy atom. The third-order valence-electron chi connectivity index (χ3n) is 3.55. The highest BCUT2D eigenvalue weighted by atomic mass is 32.2. The number of halogens is 2. The Morgan fingerprint density at radius 1 is 1.00 bits per heavy atom. The van der Waals surface area contributed by atoms with Crippen LogP contribution in [0.1, 0.15) is 16.8 Å². The number of aromatic nitrogens is 2. The summed E-state index contributed by atoms with van der Waals surface area (Å²) in [6, 6.07) is 12.7. The highest BCUT2D eigenvalue weighted by Crippen LogP contribution is 2.24. The Kier molecular flexibility index (Phi) is 5.27. The summed E-state index contributed by atoms with van der Waals surface area (Å²) in [6.45, 7) is 0.266. The molecule has 1 aromatic heterocycles. The van der Waals surface area contributed by atoms with Crippen molar-refractivity contribution in [3.05, 3.63) is 83.2 Å². The molecule has 0 aliphatic heterocycles. The maximum absolute atomic E-state index is 13.4. The molecule has 0 aliphatic rings. The fourth-order valence-electron chi connectivity index (χ4n) is 2.40. The third-order valence-corrected chi connectivity index (χ3v) is 4.61. The molecule has 0 amide bonds. The summed E-state index contributed by atoms with van der Waals surface area (Å²) in [4.78, 5) is 4.32. The fourth-order valence-corrected chi connectivity index (χ4v) is 3.34. The van der Waals surface area contributed by atoms with Crippen molar-refractivity contribution in [1.82, 2.24) is 9.55 Å². The molecule has 0 radical (unpaired) electrons. The molecule has 124 valence electrons. The van der Waals surface area contributed by atoms with Crippen LogP contribution in [0.4, 0.5) is 8.78 Å². The lowest BCUT2D eigenvalue weighted by atomic mass is 10.2. The van der Waals surface area contributed by atoms with Crippen molar-refractivity contribution in [2.24, 2.45) is 0 Å². The molecule has 0 fully saturated rings. The average molecular weight is 346 g/mol. The van der Waals surface area contributed by atoms with Gasteiger partial charge in [-0.1, -0.05) is 36.0 Å². The van der Waals surface area contributed by atoms with Gasteiger partial charge in [0.05, 0.1) is 25.0 Å². The van der Waals surface area contributed by atoms with Crippen molar-refractivity contribution in [3.63, 3.8) is 0 Å². The van der Waals surface area contributed by atoms with Gasteiger partial charge in [-0.2, -0.15) is 0 Å². The summed E-state index contributed by atoms with van der Waals surface area (Å²) in [7, 11) is 0. The van der Waals surface area contributed by atoms with E-state index in [0.29, 0.717) is 23.1 Å². The van der Waals surface area contributed by atoms with E-state index >= 15 is 0 Å². The molecular formula is C18H16F2N2OS. The maximum Gasteiger partial charge on any atom is 0.168 e. The van der Waals surface area contributed by atoms with Crippen LogP contribution in [0.3, 0.4) is 0 Å². The van der Waals surface area contributed by atoms with E-state index in [9.17, 15) is 13.9 Å². The first-order valence-electron chi connectivity index (χ1n) is 7.42. The smallest absolute Gasteiger partial charge is 0.168 e. The van der Waals surface area contributed by atoms with Gasteiger partial charge < -0.3 is 9.67 Å². The summed E-state index contributed by atoms with van der Waals surface area (Å²) >= 11 is 1.45. The molecule has 0 bridgehead atoms. The zero-order valence-electron chi connectivity index (χ0n) is 12.8. The van der Waals surface area contributed by atoms with Gasteiger partial charge >= 0.3 is 0 Å². The van der Waals surface area contributed by atoms with Crippen molar-refractivity contribution in [2.45, 2.75) is 24.1 Å². The Bertz CT molecular complexity index is 835. The zero-order valence-corrected chi connectivity index (χ0v) is 13.6. The number of nitrogens with zero attached hydrogens (tertiary/aromatic N) is 2. The molecule has 3 rings (SSSR count). The molecule has 0 aliphatic carbocycles. The molecule has 0 spiro atoms. The van der Waals surface area contributed by atoms with Gasteiger partial charge in [-0.05, 0) is 35.4 Å². The number of benzene rings is 2. The second-order valence-corrected chi connectivity index (χ2v) is 6.27. The van der Waals surface area contributed by atoms with E-state index in [0.717, 1.165) is 11.1 Å². The van der Waals surface area contributed by atoms with Crippen molar-refractivity contribution in [3.8, 4) is 0 Å². The van der Waals surface area contributed by atoms with Gasteiger partial charge in [-0.3, -0.25) is 0 Å². The lowest BCUT2D eigenvalue weighted by Crippen LogP contribution is -2.06. The van der Waals surface area contributed by atoms with E-state index in [2.05, 4.69) is 4.98 Å². The number of aliphatic hydroxyl groups is 1. The summed E-state index contributed by atoms with van der Waals surface area (Å²) in [6.07, 6.45) is 1.60. The second kappa shape index (κ2) is 7.59. The molecule has 0 atom stereocenters. The number of hydrogen-bond acceptors (Lipinski definition) is 3. The predicted octanol–water partition coefficient (Wildman–Crippen LogP) is 3.99. The highest BCUT2D eigenvalue weighted by Gasteiger charge is 2.11. The van der Waals surface area contributed by atoms with Crippen LogP contribution in [0, 0.1) is 11.6 Å². The van der Waals surface area contributed by atoms with Crippen LogP contribution in [-0.4, -0.2) is 14.7 Å². The lowest BCUT2D eigenvalue weighted by molar-refractivity contribution is 0.270. The molecular weight excluding hydrogens is 330 g/mol. The van der Waals surface area contributed by atoms with Crippen molar-refractivity contribution < 1.29 is 13.9 Å².